The van der Waals surface area contributed by atoms with Crippen LogP contribution in [0.2, 0.25) is 0 Å². The van der Waals surface area contributed by atoms with Crippen LogP contribution in [0, 0.1) is 0 Å². The molecule has 2 atom stereocenters. The molecular formula is C15H23N3O3. The Morgan fingerprint density at radius 3 is 3.00 bits per heavy atom. The van der Waals surface area contributed by atoms with Gasteiger partial charge < -0.3 is 20.5 Å². The number of carbonyl (C=O) groups is 1. The number of benzene rings is 1. The van der Waals surface area contributed by atoms with Crippen molar-refractivity contribution in [2.75, 3.05) is 38.7 Å². The predicted octanol–water partition coefficient (Wildman–Crippen LogP) is 0.682. The van der Waals surface area contributed by atoms with E-state index >= 15 is 0 Å². The van der Waals surface area contributed by atoms with Gasteiger partial charge in [0.2, 0.25) is 5.91 Å². The Hall–Kier alpha value is -1.63. The van der Waals surface area contributed by atoms with Crippen molar-refractivity contribution in [1.82, 2.24) is 4.90 Å². The first kappa shape index (κ1) is 15.8. The monoisotopic (exact) mass is 293 g/mol. The minimum Gasteiger partial charge on any atom is -0.495 e. The van der Waals surface area contributed by atoms with Gasteiger partial charge in [0.25, 0.3) is 0 Å². The summed E-state index contributed by atoms with van der Waals surface area (Å²) < 4.78 is 10.8. The van der Waals surface area contributed by atoms with Gasteiger partial charge in [-0.15, -0.1) is 0 Å². The molecule has 1 aliphatic heterocycles. The molecular weight excluding hydrogens is 270 g/mol. The zero-order chi connectivity index (χ0) is 15.2. The lowest BCUT2D eigenvalue weighted by Crippen LogP contribution is -2.52. The molecule has 1 fully saturated rings. The SMILES string of the molecule is COc1ccccc1NC(=O)CN1CC(CN)OCC1C. The number of methoxy groups -OCH3 is 1. The molecule has 0 bridgehead atoms. The van der Waals surface area contributed by atoms with Crippen LogP contribution in [0.4, 0.5) is 5.69 Å². The van der Waals surface area contributed by atoms with Gasteiger partial charge in [-0.25, -0.2) is 0 Å². The van der Waals surface area contributed by atoms with E-state index in [2.05, 4.69) is 10.2 Å². The highest BCUT2D eigenvalue weighted by Crippen LogP contribution is 2.23. The van der Waals surface area contributed by atoms with Crippen LogP contribution in [0.5, 0.6) is 5.75 Å². The molecule has 0 aliphatic carbocycles. The van der Waals surface area contributed by atoms with Gasteiger partial charge in [0.15, 0.2) is 0 Å². The number of hydrogen-bond acceptors (Lipinski definition) is 5. The second-order valence-electron chi connectivity index (χ2n) is 5.22. The van der Waals surface area contributed by atoms with Crippen LogP contribution in [0.25, 0.3) is 0 Å². The van der Waals surface area contributed by atoms with Crippen molar-refractivity contribution in [2.24, 2.45) is 5.73 Å². The number of para-hydroxylation sites is 2. The van der Waals surface area contributed by atoms with E-state index in [4.69, 9.17) is 15.2 Å². The smallest absolute Gasteiger partial charge is 0.238 e. The number of ether oxygens (including phenoxy) is 2. The summed E-state index contributed by atoms with van der Waals surface area (Å²) in [4.78, 5) is 14.3. The Kier molecular flexibility index (Phi) is 5.55. The quantitative estimate of drug-likeness (QED) is 0.835. The number of anilines is 1. The van der Waals surface area contributed by atoms with Crippen molar-refractivity contribution < 1.29 is 14.3 Å². The molecule has 21 heavy (non-hydrogen) atoms. The van der Waals surface area contributed by atoms with Gasteiger partial charge in [-0.1, -0.05) is 12.1 Å². The lowest BCUT2D eigenvalue weighted by molar-refractivity contribution is -0.121. The van der Waals surface area contributed by atoms with Crippen molar-refractivity contribution in [2.45, 2.75) is 19.1 Å². The third-order valence-corrected chi connectivity index (χ3v) is 3.63. The maximum atomic E-state index is 12.2. The van der Waals surface area contributed by atoms with E-state index < -0.39 is 0 Å². The first-order chi connectivity index (χ1) is 10.1. The first-order valence-electron chi connectivity index (χ1n) is 7.12. The summed E-state index contributed by atoms with van der Waals surface area (Å²) in [6.45, 7) is 4.11. The van der Waals surface area contributed by atoms with Crippen molar-refractivity contribution in [3.8, 4) is 5.75 Å². The maximum Gasteiger partial charge on any atom is 0.238 e. The van der Waals surface area contributed by atoms with Gasteiger partial charge >= 0.3 is 0 Å². The highest BCUT2D eigenvalue weighted by atomic mass is 16.5. The van der Waals surface area contributed by atoms with Crippen LogP contribution in [0.15, 0.2) is 24.3 Å². The summed E-state index contributed by atoms with van der Waals surface area (Å²) in [5.74, 6) is 0.588. The zero-order valence-electron chi connectivity index (χ0n) is 12.5. The summed E-state index contributed by atoms with van der Waals surface area (Å²) in [5.41, 5.74) is 6.32. The van der Waals surface area contributed by atoms with Crippen LogP contribution in [0.3, 0.4) is 0 Å². The molecule has 2 unspecified atom stereocenters. The lowest BCUT2D eigenvalue weighted by Gasteiger charge is -2.37. The summed E-state index contributed by atoms with van der Waals surface area (Å²) in [5, 5.41) is 2.88. The second kappa shape index (κ2) is 7.40. The second-order valence-corrected chi connectivity index (χ2v) is 5.22. The van der Waals surface area contributed by atoms with Crippen LogP contribution in [-0.2, 0) is 9.53 Å². The third kappa shape index (κ3) is 4.17. The van der Waals surface area contributed by atoms with Crippen molar-refractivity contribution in [1.29, 1.82) is 0 Å². The lowest BCUT2D eigenvalue weighted by atomic mass is 10.2. The molecule has 1 saturated heterocycles. The number of nitrogens with one attached hydrogen (secondary N) is 1. The largest absolute Gasteiger partial charge is 0.495 e. The molecule has 1 heterocycles. The van der Waals surface area contributed by atoms with Gasteiger partial charge in [0.1, 0.15) is 5.75 Å². The minimum absolute atomic E-state index is 0.000242. The number of morpholine rings is 1. The molecule has 0 radical (unpaired) electrons. The maximum absolute atomic E-state index is 12.2. The molecule has 2 rings (SSSR count). The standard InChI is InChI=1S/C15H23N3O3/c1-11-10-21-12(7-16)8-18(11)9-15(19)17-13-5-3-4-6-14(13)20-2/h3-6,11-12H,7-10,16H2,1-2H3,(H,17,19). The molecule has 1 aromatic carbocycles. The van der Waals surface area contributed by atoms with Crippen molar-refractivity contribution in [3.63, 3.8) is 0 Å². The molecule has 6 heteroatoms. The van der Waals surface area contributed by atoms with Gasteiger partial charge in [-0.2, -0.15) is 0 Å². The minimum atomic E-state index is -0.0657. The first-order valence-corrected chi connectivity index (χ1v) is 7.12. The Labute approximate surface area is 125 Å². The fraction of sp³-hybridized carbons (Fsp3) is 0.533. The van der Waals surface area contributed by atoms with Gasteiger partial charge in [-0.05, 0) is 19.1 Å². The Morgan fingerprint density at radius 2 is 2.29 bits per heavy atom. The Bertz CT molecular complexity index is 481. The number of carbonyl (C=O) groups excluding carboxylic acids is 1. The van der Waals surface area contributed by atoms with Crippen molar-refractivity contribution >= 4 is 11.6 Å². The number of nitrogens with two attached hydrogens (primary N) is 1. The van der Waals surface area contributed by atoms with Crippen LogP contribution in [0.1, 0.15) is 6.92 Å². The number of amides is 1. The van der Waals surface area contributed by atoms with Gasteiger partial charge in [0.05, 0.1) is 32.1 Å². The summed E-state index contributed by atoms with van der Waals surface area (Å²) >= 11 is 0. The molecule has 1 aromatic rings. The Morgan fingerprint density at radius 1 is 1.52 bits per heavy atom. The molecule has 6 nitrogen and oxygen atoms in total. The highest BCUT2D eigenvalue weighted by molar-refractivity contribution is 5.93. The van der Waals surface area contributed by atoms with Gasteiger partial charge in [0, 0.05) is 19.1 Å². The number of rotatable bonds is 5. The van der Waals surface area contributed by atoms with Crippen LogP contribution >= 0.6 is 0 Å². The average molecular weight is 293 g/mol. The van der Waals surface area contributed by atoms with E-state index in [9.17, 15) is 4.79 Å². The van der Waals surface area contributed by atoms with Gasteiger partial charge in [-0.3, -0.25) is 9.69 Å². The van der Waals surface area contributed by atoms with Crippen molar-refractivity contribution in [3.05, 3.63) is 24.3 Å². The number of hydrogen-bond donors (Lipinski definition) is 2. The van der Waals surface area contributed by atoms with E-state index in [0.29, 0.717) is 37.7 Å². The topological polar surface area (TPSA) is 76.8 Å². The number of nitrogens with zero attached hydrogens (tertiary/aromatic N) is 1. The van der Waals surface area contributed by atoms with E-state index in [1.807, 2.05) is 31.2 Å². The van der Waals surface area contributed by atoms with E-state index in [0.717, 1.165) is 0 Å². The molecule has 0 aromatic heterocycles. The fourth-order valence-corrected chi connectivity index (χ4v) is 2.36. The Balaban J connectivity index is 1.94. The van der Waals surface area contributed by atoms with Crippen LogP contribution in [-0.4, -0.2) is 56.3 Å². The molecule has 1 amide bonds. The zero-order valence-corrected chi connectivity index (χ0v) is 12.5. The summed E-state index contributed by atoms with van der Waals surface area (Å²) in [6, 6.07) is 7.57. The molecule has 116 valence electrons. The molecule has 0 spiro atoms. The predicted molar refractivity (Wildman–Crippen MR) is 81.5 cm³/mol. The summed E-state index contributed by atoms with van der Waals surface area (Å²) in [7, 11) is 1.58. The van der Waals surface area contributed by atoms with E-state index in [1.54, 1.807) is 7.11 Å². The van der Waals surface area contributed by atoms with E-state index in [1.165, 1.54) is 0 Å². The highest BCUT2D eigenvalue weighted by Gasteiger charge is 2.26. The fourth-order valence-electron chi connectivity index (χ4n) is 2.36. The molecule has 3 N–H and O–H groups in total. The van der Waals surface area contributed by atoms with E-state index in [-0.39, 0.29) is 18.1 Å². The molecule has 1 aliphatic rings. The van der Waals surface area contributed by atoms with Crippen LogP contribution < -0.4 is 15.8 Å². The molecule has 0 saturated carbocycles. The summed E-state index contributed by atoms with van der Waals surface area (Å²) in [6.07, 6.45) is 0.000242. The third-order valence-electron chi connectivity index (χ3n) is 3.63. The average Bonchev–Trinajstić information content (AvgIpc) is 2.50. The normalized spacial score (nSPS) is 22.8.